The molecule has 444 valence electrons. The molecule has 0 radical (unpaired) electrons. The van der Waals surface area contributed by atoms with Gasteiger partial charge < -0.3 is 53.8 Å². The number of benzene rings is 4. The first kappa shape index (κ1) is 60.9. The number of esters is 3. The number of nitrogens with zero attached hydrogens (tertiary/aromatic N) is 2. The van der Waals surface area contributed by atoms with Crippen LogP contribution in [0.4, 0.5) is 11.4 Å². The second-order valence-electron chi connectivity index (χ2n) is 24.2. The number of rotatable bonds is 17. The number of methoxy groups -OCH3 is 2. The summed E-state index contributed by atoms with van der Waals surface area (Å²) in [7, 11) is 9.11. The van der Waals surface area contributed by atoms with Crippen LogP contribution >= 0.6 is 10.0 Å². The number of carbonyl (C=O) groups excluding carboxylic acids is 6. The van der Waals surface area contributed by atoms with Gasteiger partial charge in [0.05, 0.1) is 35.6 Å². The Hall–Kier alpha value is -6.67. The highest BCUT2D eigenvalue weighted by Gasteiger charge is 2.78. The number of hydrogen-bond donors (Lipinski definition) is 3. The van der Waals surface area contributed by atoms with Crippen molar-refractivity contribution in [2.75, 3.05) is 71.3 Å². The van der Waals surface area contributed by atoms with Crippen LogP contribution in [-0.4, -0.2) is 155 Å². The lowest BCUT2D eigenvalue weighted by atomic mass is 9.44. The molecule has 4 aromatic rings. The maximum Gasteiger partial charge on any atom is 0.338 e. The van der Waals surface area contributed by atoms with Crippen LogP contribution < -0.4 is 15.1 Å². The topological polar surface area (TPSA) is 217 Å². The third-order valence-electron chi connectivity index (χ3n) is 18.4. The van der Waals surface area contributed by atoms with E-state index in [1.54, 1.807) is 88.4 Å². The number of amides is 1. The van der Waals surface area contributed by atoms with Crippen molar-refractivity contribution >= 4 is 62.9 Å². The molecule has 3 N–H and O–H groups in total. The SMILES string of the molecule is CO[C@H]1C(=O)[C@]2(C)[C@@H](OC)C[C@H]3OC[C@@]3(OC(C)=O)[C@H]2[C@H](OC(=O)c2ccccc2)[C@]2(O)C[C@H](OC(=O)[C@H](O)[C@@H](NC(=O)CCC/C=C/c3cc(N(C)C)cc4c3C(=O)c3ccc(N(C)C)cc3S4(C)C)c3ccccc3)C(C)=C1C2(C)C. The second-order valence-corrected chi connectivity index (χ2v) is 27.8. The Morgan fingerprint density at radius 1 is 0.867 bits per heavy atom. The van der Waals surface area contributed by atoms with Gasteiger partial charge in [-0.2, -0.15) is 10.0 Å². The monoisotopic (exact) mass is 1160 g/mol. The maximum atomic E-state index is 15.8. The number of fused-ring (bicyclic) bond motifs is 7. The Bertz CT molecular complexity index is 3270. The van der Waals surface area contributed by atoms with Crippen molar-refractivity contribution in [3.63, 3.8) is 0 Å². The summed E-state index contributed by atoms with van der Waals surface area (Å²) in [6.45, 7) is 7.74. The van der Waals surface area contributed by atoms with Crippen LogP contribution in [0.5, 0.6) is 0 Å². The van der Waals surface area contributed by atoms with E-state index in [1.807, 2.05) is 68.3 Å². The fourth-order valence-corrected chi connectivity index (χ4v) is 16.3. The Morgan fingerprint density at radius 3 is 2.12 bits per heavy atom. The van der Waals surface area contributed by atoms with Gasteiger partial charge in [0.2, 0.25) is 5.91 Å². The van der Waals surface area contributed by atoms with E-state index in [4.69, 9.17) is 28.4 Å². The minimum absolute atomic E-state index is 0.0131. The number of hydrogen-bond acceptors (Lipinski definition) is 16. The third kappa shape index (κ3) is 10.4. The minimum Gasteiger partial charge on any atom is -0.456 e. The third-order valence-corrected chi connectivity index (χ3v) is 21.3. The molecule has 0 spiro atoms. The van der Waals surface area contributed by atoms with Crippen LogP contribution in [-0.2, 0) is 47.6 Å². The molecule has 2 bridgehead atoms. The smallest absolute Gasteiger partial charge is 0.338 e. The first-order valence-corrected chi connectivity index (χ1v) is 30.6. The highest BCUT2D eigenvalue weighted by Crippen LogP contribution is 2.66. The predicted octanol–water partition coefficient (Wildman–Crippen LogP) is 8.20. The molecule has 0 unspecified atom stereocenters. The Balaban J connectivity index is 0.995. The molecule has 17 nitrogen and oxygen atoms in total. The molecule has 5 aliphatic rings. The Labute approximate surface area is 488 Å². The lowest BCUT2D eigenvalue weighted by Crippen LogP contribution is -2.82. The molecule has 3 aliphatic carbocycles. The maximum absolute atomic E-state index is 15.8. The van der Waals surface area contributed by atoms with Crippen molar-refractivity contribution in [3.05, 3.63) is 136 Å². The first-order valence-electron chi connectivity index (χ1n) is 28.1. The normalized spacial score (nSPS) is 28.5. The van der Waals surface area contributed by atoms with Gasteiger partial charge in [0.15, 0.2) is 23.3 Å². The van der Waals surface area contributed by atoms with E-state index in [0.717, 1.165) is 26.7 Å². The summed E-state index contributed by atoms with van der Waals surface area (Å²) >= 11 is 0. The summed E-state index contributed by atoms with van der Waals surface area (Å²) in [6.07, 6.45) is 0.651. The van der Waals surface area contributed by atoms with Gasteiger partial charge in [0.25, 0.3) is 0 Å². The number of ether oxygens (including phenoxy) is 6. The van der Waals surface area contributed by atoms with Gasteiger partial charge in [0, 0.05) is 106 Å². The second kappa shape index (κ2) is 23.1. The summed E-state index contributed by atoms with van der Waals surface area (Å²) < 4.78 is 37.5. The van der Waals surface area contributed by atoms with Crippen LogP contribution in [0, 0.1) is 16.7 Å². The Kier molecular flexibility index (Phi) is 16.9. The number of allylic oxidation sites excluding steroid dienone is 1. The molecule has 1 saturated heterocycles. The van der Waals surface area contributed by atoms with Crippen molar-refractivity contribution in [3.8, 4) is 0 Å². The number of anilines is 2. The number of Topliss-reactive ketones (excluding diaryl/α,β-unsaturated/α-hetero) is 1. The number of nitrogens with one attached hydrogen (secondary N) is 1. The van der Waals surface area contributed by atoms with Gasteiger partial charge >= 0.3 is 17.9 Å². The first-order chi connectivity index (χ1) is 39.2. The highest BCUT2D eigenvalue weighted by molar-refractivity contribution is 8.33. The van der Waals surface area contributed by atoms with Crippen molar-refractivity contribution < 1.29 is 67.4 Å². The van der Waals surface area contributed by atoms with E-state index in [1.165, 1.54) is 21.1 Å². The van der Waals surface area contributed by atoms with Gasteiger partial charge in [-0.15, -0.1) is 0 Å². The van der Waals surface area contributed by atoms with Crippen LogP contribution in [0.15, 0.2) is 118 Å². The van der Waals surface area contributed by atoms with Crippen molar-refractivity contribution in [1.82, 2.24) is 5.32 Å². The molecule has 0 aromatic heterocycles. The van der Waals surface area contributed by atoms with Gasteiger partial charge in [-0.05, 0) is 104 Å². The van der Waals surface area contributed by atoms with Crippen LogP contribution in [0.1, 0.15) is 110 Å². The molecule has 9 rings (SSSR count). The van der Waals surface area contributed by atoms with Crippen LogP contribution in [0.25, 0.3) is 6.08 Å². The average molecular weight is 1160 g/mol. The molecule has 2 saturated carbocycles. The lowest BCUT2D eigenvalue weighted by Gasteiger charge is -2.67. The zero-order valence-electron chi connectivity index (χ0n) is 49.8. The Morgan fingerprint density at radius 2 is 1.52 bits per heavy atom. The summed E-state index contributed by atoms with van der Waals surface area (Å²) in [5, 5.41) is 29.0. The largest absolute Gasteiger partial charge is 0.456 e. The van der Waals surface area contributed by atoms with Gasteiger partial charge in [0.1, 0.15) is 30.0 Å². The fourth-order valence-electron chi connectivity index (χ4n) is 13.8. The molecular formula is C65H79N3O14S. The van der Waals surface area contributed by atoms with E-state index in [9.17, 15) is 34.2 Å². The van der Waals surface area contributed by atoms with Gasteiger partial charge in [-0.25, -0.2) is 9.59 Å². The summed E-state index contributed by atoms with van der Waals surface area (Å²) in [5.41, 5.74) is -1.76. The van der Waals surface area contributed by atoms with Crippen LogP contribution in [0.3, 0.4) is 0 Å². The van der Waals surface area contributed by atoms with E-state index < -0.39 is 117 Å². The number of unbranched alkanes of at least 4 members (excludes halogenated alkanes) is 1. The zero-order chi connectivity index (χ0) is 60.3. The van der Waals surface area contributed by atoms with Crippen LogP contribution in [0.2, 0.25) is 0 Å². The quantitative estimate of drug-likeness (QED) is 0.0393. The lowest BCUT2D eigenvalue weighted by molar-refractivity contribution is -0.347. The number of aliphatic hydroxyl groups excluding tert-OH is 1. The molecule has 4 aromatic carbocycles. The molecular weight excluding hydrogens is 1080 g/mol. The molecule has 83 heavy (non-hydrogen) atoms. The van der Waals surface area contributed by atoms with Gasteiger partial charge in [-0.1, -0.05) is 74.5 Å². The number of ketones is 2. The predicted molar refractivity (Wildman–Crippen MR) is 316 cm³/mol. The molecule has 11 atom stereocenters. The van der Waals surface area contributed by atoms with E-state index in [0.29, 0.717) is 35.1 Å². The number of aliphatic hydroxyl groups is 2. The van der Waals surface area contributed by atoms with E-state index in [2.05, 4.69) is 30.0 Å². The van der Waals surface area contributed by atoms with E-state index in [-0.39, 0.29) is 36.4 Å². The van der Waals surface area contributed by atoms with E-state index >= 15 is 4.79 Å². The van der Waals surface area contributed by atoms with Crippen molar-refractivity contribution in [2.24, 2.45) is 16.7 Å². The number of carbonyl (C=O) groups is 6. The molecule has 18 heteroatoms. The fraction of sp³-hybridized carbons (Fsp3) is 0.477. The van der Waals surface area contributed by atoms with Crippen molar-refractivity contribution in [1.29, 1.82) is 0 Å². The molecule has 3 fully saturated rings. The van der Waals surface area contributed by atoms with Gasteiger partial charge in [-0.3, -0.25) is 19.2 Å². The summed E-state index contributed by atoms with van der Waals surface area (Å²) in [4.78, 5) is 92.7. The molecule has 2 heterocycles. The summed E-state index contributed by atoms with van der Waals surface area (Å²) in [6, 6.07) is 25.5. The standard InChI is InChI=1S/C65H79N3O14S/c1-37-45(35-65(76)59(81-60(74)40-25-19-15-20-26-40)57-63(5,58(73)56(78-11)52(37)62(65,3)4)48(77-10)34-49-64(57,36-79-49)82-38(2)69)80-61(75)55(72)53(39-23-17-14-18-24-39)66-50(70)28-22-16-21-27-41-31-43(68(8)9)33-47-51(41)54(71)44-30-29-42(67(6)7)32-46(44)83(47,12)13/h14-15,17-21,23-27,29-33,45,48-49,53,55-57,59,72,76H,16,22,28,34-36H2,1-13H3,(H,66,70)/b27-21+/t45-,48-,49+,53-,55+,56+,57-,59-,63+,64-,65+/m0/s1. The minimum atomic E-state index is -2.25. The summed E-state index contributed by atoms with van der Waals surface area (Å²) in [5.74, 6) is -5.03. The molecule has 2 aliphatic heterocycles. The average Bonchev–Trinajstić information content (AvgIpc) is 0.735. The zero-order valence-corrected chi connectivity index (χ0v) is 50.6. The highest BCUT2D eigenvalue weighted by atomic mass is 32.3. The molecule has 1 amide bonds. The van der Waals surface area contributed by atoms with Crippen molar-refractivity contribution in [2.45, 2.75) is 130 Å².